The number of rotatable bonds is 9. The van der Waals surface area contributed by atoms with Gasteiger partial charge in [0.05, 0.1) is 41.4 Å². The van der Waals surface area contributed by atoms with Crippen LogP contribution < -0.4 is 4.74 Å². The number of hydrogen-bond acceptors (Lipinski definition) is 8. The highest BCUT2D eigenvalue weighted by atomic mass is 35.5. The van der Waals surface area contributed by atoms with E-state index in [1.807, 2.05) is 18.2 Å². The Morgan fingerprint density at radius 3 is 2.59 bits per heavy atom. The lowest BCUT2D eigenvalue weighted by molar-refractivity contribution is -0.144. The lowest BCUT2D eigenvalue weighted by Crippen LogP contribution is -2.39. The van der Waals surface area contributed by atoms with E-state index in [2.05, 4.69) is 34.6 Å². The first kappa shape index (κ1) is 30.5. The Hall–Kier alpha value is -4.14. The van der Waals surface area contributed by atoms with Crippen LogP contribution in [0.3, 0.4) is 0 Å². The molecule has 10 nitrogen and oxygen atoms in total. The minimum absolute atomic E-state index is 0.00979. The molecule has 0 amide bonds. The molecule has 15 heteroatoms. The van der Waals surface area contributed by atoms with E-state index < -0.39 is 17.8 Å². The molecule has 0 bridgehead atoms. The van der Waals surface area contributed by atoms with Crippen molar-refractivity contribution in [3.63, 3.8) is 0 Å². The molecule has 7 rings (SSSR count). The van der Waals surface area contributed by atoms with E-state index in [0.29, 0.717) is 37.5 Å². The second-order valence-corrected chi connectivity index (χ2v) is 11.9. The van der Waals surface area contributed by atoms with Gasteiger partial charge in [0.2, 0.25) is 11.7 Å². The molecule has 1 unspecified atom stereocenters. The van der Waals surface area contributed by atoms with Gasteiger partial charge in [0.1, 0.15) is 23.4 Å². The average molecular weight is 657 g/mol. The molecule has 1 N–H and O–H groups in total. The van der Waals surface area contributed by atoms with Crippen LogP contribution in [0.5, 0.6) is 5.88 Å². The number of piperidine rings is 1. The van der Waals surface area contributed by atoms with Crippen LogP contribution in [0.4, 0.5) is 17.6 Å². The zero-order valence-electron chi connectivity index (χ0n) is 24.5. The molecule has 0 saturated carbocycles. The summed E-state index contributed by atoms with van der Waals surface area (Å²) < 4.78 is 67.0. The highest BCUT2D eigenvalue weighted by Crippen LogP contribution is 2.29. The molecule has 46 heavy (non-hydrogen) atoms. The molecular formula is C31H29ClF4N8O2. The van der Waals surface area contributed by atoms with Crippen LogP contribution in [-0.4, -0.2) is 71.5 Å². The van der Waals surface area contributed by atoms with E-state index in [0.717, 1.165) is 55.0 Å². The number of H-pyrrole nitrogens is 1. The fourth-order valence-corrected chi connectivity index (χ4v) is 5.82. The number of aromatic nitrogens is 7. The predicted octanol–water partition coefficient (Wildman–Crippen LogP) is 5.85. The van der Waals surface area contributed by atoms with E-state index in [1.165, 1.54) is 6.07 Å². The smallest absolute Gasteiger partial charge is 0.451 e. The van der Waals surface area contributed by atoms with Crippen molar-refractivity contribution in [3.05, 3.63) is 82.4 Å². The Morgan fingerprint density at radius 1 is 1.04 bits per heavy atom. The average Bonchev–Trinajstić information content (AvgIpc) is 3.63. The van der Waals surface area contributed by atoms with Crippen LogP contribution in [0.15, 0.2) is 48.7 Å². The Balaban J connectivity index is 1.01. The minimum atomic E-state index is -4.63. The quantitative estimate of drug-likeness (QED) is 0.197. The number of pyridine rings is 2. The van der Waals surface area contributed by atoms with Gasteiger partial charge >= 0.3 is 6.18 Å². The SMILES string of the molecule is Fc1cc(Cc2cccc(OC3CCN(Cc4nc5cc(-c6nnc(C(F)(F)F)[nH]6)ncc5n4CC4CCO4)CC3)n2)ccc1Cl. The van der Waals surface area contributed by atoms with Gasteiger partial charge in [0.15, 0.2) is 5.82 Å². The second-order valence-electron chi connectivity index (χ2n) is 11.5. The third-order valence-electron chi connectivity index (χ3n) is 8.23. The topological polar surface area (TPSA) is 107 Å². The maximum Gasteiger partial charge on any atom is 0.451 e. The number of nitrogens with zero attached hydrogens (tertiary/aromatic N) is 7. The Kier molecular flexibility index (Phi) is 8.34. The number of fused-ring (bicyclic) bond motifs is 1. The highest BCUT2D eigenvalue weighted by Gasteiger charge is 2.35. The summed E-state index contributed by atoms with van der Waals surface area (Å²) in [4.78, 5) is 18.4. The third kappa shape index (κ3) is 6.69. The number of alkyl halides is 3. The first-order chi connectivity index (χ1) is 22.2. The Bertz CT molecular complexity index is 1850. The van der Waals surface area contributed by atoms with Crippen LogP contribution in [-0.2, 0) is 30.4 Å². The molecule has 2 aliphatic rings. The summed E-state index contributed by atoms with van der Waals surface area (Å²) in [6.07, 6.45) is 0.0206. The third-order valence-corrected chi connectivity index (χ3v) is 8.54. The molecule has 2 aliphatic heterocycles. The molecule has 5 aromatic rings. The van der Waals surface area contributed by atoms with E-state index in [1.54, 1.807) is 24.4 Å². The van der Waals surface area contributed by atoms with Crippen LogP contribution in [0.1, 0.15) is 42.2 Å². The zero-order valence-corrected chi connectivity index (χ0v) is 25.2. The summed E-state index contributed by atoms with van der Waals surface area (Å²) in [6, 6.07) is 12.0. The normalized spacial score (nSPS) is 17.8. The first-order valence-corrected chi connectivity index (χ1v) is 15.3. The van der Waals surface area contributed by atoms with E-state index in [-0.39, 0.29) is 28.7 Å². The fourth-order valence-electron chi connectivity index (χ4n) is 5.70. The van der Waals surface area contributed by atoms with Crippen molar-refractivity contribution in [2.75, 3.05) is 19.7 Å². The maximum absolute atomic E-state index is 13.9. The van der Waals surface area contributed by atoms with Crippen molar-refractivity contribution in [3.8, 4) is 17.4 Å². The summed E-state index contributed by atoms with van der Waals surface area (Å²) in [7, 11) is 0. The van der Waals surface area contributed by atoms with Gasteiger partial charge < -0.3 is 19.0 Å². The number of likely N-dealkylation sites (tertiary alicyclic amines) is 1. The molecule has 0 spiro atoms. The first-order valence-electron chi connectivity index (χ1n) is 14.9. The van der Waals surface area contributed by atoms with Crippen molar-refractivity contribution >= 4 is 22.6 Å². The molecule has 6 heterocycles. The molecule has 2 fully saturated rings. The molecule has 1 atom stereocenters. The number of hydrogen-bond donors (Lipinski definition) is 1. The number of halogens is 5. The van der Waals surface area contributed by atoms with Gasteiger partial charge in [-0.15, -0.1) is 10.2 Å². The van der Waals surface area contributed by atoms with Crippen molar-refractivity contribution < 1.29 is 27.0 Å². The minimum Gasteiger partial charge on any atom is -0.474 e. The van der Waals surface area contributed by atoms with Crippen LogP contribution >= 0.6 is 11.6 Å². The summed E-state index contributed by atoms with van der Waals surface area (Å²) in [5.74, 6) is -0.353. The number of aromatic amines is 1. The molecule has 2 saturated heterocycles. The van der Waals surface area contributed by atoms with Crippen LogP contribution in [0.25, 0.3) is 22.6 Å². The highest BCUT2D eigenvalue weighted by molar-refractivity contribution is 6.30. The lowest BCUT2D eigenvalue weighted by atomic mass is 10.1. The number of imidazole rings is 1. The van der Waals surface area contributed by atoms with Crippen LogP contribution in [0.2, 0.25) is 5.02 Å². The van der Waals surface area contributed by atoms with Crippen molar-refractivity contribution in [2.45, 2.75) is 57.2 Å². The number of benzene rings is 1. The standard InChI is InChI=1S/C31H29ClF4N8O2/c32-22-5-4-18(13-23(22)33)12-19-2-1-3-28(38-19)46-20-6-9-43(10-7-20)17-27-39-24-14-25(29-40-30(42-41-29)31(34,35)36)37-15-26(24)44(27)16-21-8-11-45-21/h1-5,13-15,20-21H,6-12,16-17H2,(H,40,41,42). The monoisotopic (exact) mass is 656 g/mol. The zero-order chi connectivity index (χ0) is 31.8. The van der Waals surface area contributed by atoms with Gasteiger partial charge in [-0.1, -0.05) is 23.7 Å². The summed E-state index contributed by atoms with van der Waals surface area (Å²) >= 11 is 5.81. The van der Waals surface area contributed by atoms with Gasteiger partial charge in [-0.2, -0.15) is 13.2 Å². The molecule has 240 valence electrons. The van der Waals surface area contributed by atoms with Gasteiger partial charge in [0, 0.05) is 37.9 Å². The fraction of sp³-hybridized carbons (Fsp3) is 0.387. The Labute approximate surface area is 265 Å². The summed E-state index contributed by atoms with van der Waals surface area (Å²) in [6.45, 7) is 3.46. The lowest BCUT2D eigenvalue weighted by Gasteiger charge is -2.32. The van der Waals surface area contributed by atoms with Crippen molar-refractivity contribution in [2.24, 2.45) is 0 Å². The predicted molar refractivity (Wildman–Crippen MR) is 160 cm³/mol. The summed E-state index contributed by atoms with van der Waals surface area (Å²) in [5.41, 5.74) is 3.15. The molecule has 0 radical (unpaired) electrons. The largest absolute Gasteiger partial charge is 0.474 e. The number of nitrogens with one attached hydrogen (secondary N) is 1. The van der Waals surface area contributed by atoms with Crippen molar-refractivity contribution in [1.82, 2.24) is 39.6 Å². The molecule has 1 aromatic carbocycles. The van der Waals surface area contributed by atoms with Gasteiger partial charge in [-0.3, -0.25) is 9.88 Å². The van der Waals surface area contributed by atoms with E-state index in [4.69, 9.17) is 26.1 Å². The van der Waals surface area contributed by atoms with E-state index in [9.17, 15) is 17.6 Å². The van der Waals surface area contributed by atoms with Gasteiger partial charge in [-0.25, -0.2) is 14.4 Å². The van der Waals surface area contributed by atoms with Gasteiger partial charge in [-0.05, 0) is 49.1 Å². The maximum atomic E-state index is 13.9. The Morgan fingerprint density at radius 2 is 1.87 bits per heavy atom. The van der Waals surface area contributed by atoms with E-state index >= 15 is 0 Å². The molecule has 0 aliphatic carbocycles. The van der Waals surface area contributed by atoms with Crippen molar-refractivity contribution in [1.29, 1.82) is 0 Å². The summed E-state index contributed by atoms with van der Waals surface area (Å²) in [5, 5.41) is 6.93. The number of ether oxygens (including phenoxy) is 2. The second kappa shape index (κ2) is 12.6. The van der Waals surface area contributed by atoms with Crippen LogP contribution in [0, 0.1) is 5.82 Å². The van der Waals surface area contributed by atoms with Gasteiger partial charge in [0.25, 0.3) is 0 Å². The molecule has 4 aromatic heterocycles. The molecular weight excluding hydrogens is 628 g/mol.